The van der Waals surface area contributed by atoms with Crippen LogP contribution in [0.3, 0.4) is 0 Å². The molecule has 0 aromatic carbocycles. The molecule has 19 heavy (non-hydrogen) atoms. The molecule has 114 valence electrons. The fourth-order valence-electron chi connectivity index (χ4n) is 2.32. The normalized spacial score (nSPS) is 19.6. The van der Waals surface area contributed by atoms with E-state index in [9.17, 15) is 15.0 Å². The van der Waals surface area contributed by atoms with Gasteiger partial charge in [0, 0.05) is 18.3 Å². The molecule has 0 saturated carbocycles. The van der Waals surface area contributed by atoms with Crippen LogP contribution >= 0.6 is 0 Å². The Morgan fingerprint density at radius 1 is 1.00 bits per heavy atom. The van der Waals surface area contributed by atoms with Gasteiger partial charge in [-0.3, -0.25) is 4.79 Å². The van der Waals surface area contributed by atoms with Gasteiger partial charge in [0.25, 0.3) is 0 Å². The summed E-state index contributed by atoms with van der Waals surface area (Å²) in [5.41, 5.74) is 0. The predicted molar refractivity (Wildman–Crippen MR) is 75.6 cm³/mol. The zero-order valence-electron chi connectivity index (χ0n) is 13.1. The number of rotatable bonds is 8. The Balaban J connectivity index is 4.66. The molecule has 0 saturated heterocycles. The molecule has 0 radical (unpaired) electrons. The molecule has 0 heterocycles. The van der Waals surface area contributed by atoms with E-state index in [1.54, 1.807) is 6.92 Å². The van der Waals surface area contributed by atoms with Gasteiger partial charge in [0.2, 0.25) is 0 Å². The molecule has 0 unspecified atom stereocenters. The van der Waals surface area contributed by atoms with Gasteiger partial charge in [-0.25, -0.2) is 0 Å². The fourth-order valence-corrected chi connectivity index (χ4v) is 2.32. The molecule has 0 spiro atoms. The van der Waals surface area contributed by atoms with Crippen molar-refractivity contribution >= 4 is 5.97 Å². The lowest BCUT2D eigenvalue weighted by molar-refractivity contribution is -0.155. The first-order valence-corrected chi connectivity index (χ1v) is 7.31. The molecule has 0 bridgehead atoms. The molecular formula is C15H30O4. The van der Waals surface area contributed by atoms with Gasteiger partial charge in [0.05, 0.1) is 12.2 Å². The Morgan fingerprint density at radius 2 is 1.53 bits per heavy atom. The van der Waals surface area contributed by atoms with Crippen molar-refractivity contribution in [2.24, 2.45) is 17.8 Å². The Bertz CT molecular complexity index is 265. The van der Waals surface area contributed by atoms with Gasteiger partial charge < -0.3 is 14.9 Å². The highest BCUT2D eigenvalue weighted by Crippen LogP contribution is 2.25. The summed E-state index contributed by atoms with van der Waals surface area (Å²) in [6.45, 7) is 11.2. The number of esters is 1. The first-order chi connectivity index (χ1) is 8.76. The Hall–Kier alpha value is -0.610. The maximum Gasteiger partial charge on any atom is 0.305 e. The lowest BCUT2D eigenvalue weighted by Crippen LogP contribution is -2.42. The van der Waals surface area contributed by atoms with Crippen molar-refractivity contribution < 1.29 is 19.7 Å². The average molecular weight is 274 g/mol. The van der Waals surface area contributed by atoms with Gasteiger partial charge in [-0.2, -0.15) is 0 Å². The van der Waals surface area contributed by atoms with E-state index in [-0.39, 0.29) is 29.8 Å². The summed E-state index contributed by atoms with van der Waals surface area (Å²) in [5, 5.41) is 20.4. The van der Waals surface area contributed by atoms with Crippen LogP contribution in [-0.2, 0) is 9.53 Å². The van der Waals surface area contributed by atoms with Crippen LogP contribution in [0.4, 0.5) is 0 Å². The largest absolute Gasteiger partial charge is 0.462 e. The van der Waals surface area contributed by atoms with Crippen molar-refractivity contribution in [3.05, 3.63) is 0 Å². The number of aliphatic hydroxyl groups is 2. The summed E-state index contributed by atoms with van der Waals surface area (Å²) in [7, 11) is 0. The third-order valence-corrected chi connectivity index (χ3v) is 3.86. The van der Waals surface area contributed by atoms with Gasteiger partial charge >= 0.3 is 5.97 Å². The maximum absolute atomic E-state index is 11.4. The van der Waals surface area contributed by atoms with Crippen LogP contribution in [0.1, 0.15) is 54.4 Å². The zero-order chi connectivity index (χ0) is 15.2. The minimum absolute atomic E-state index is 0.0927. The molecule has 0 aromatic heterocycles. The van der Waals surface area contributed by atoms with Crippen LogP contribution in [0, 0.1) is 17.8 Å². The summed E-state index contributed by atoms with van der Waals surface area (Å²) in [5.74, 6) is -0.591. The maximum atomic E-state index is 11.4. The van der Waals surface area contributed by atoms with Crippen LogP contribution in [0.15, 0.2) is 0 Å². The molecule has 0 aromatic rings. The van der Waals surface area contributed by atoms with E-state index >= 15 is 0 Å². The van der Waals surface area contributed by atoms with Crippen molar-refractivity contribution in [2.45, 2.75) is 72.7 Å². The van der Waals surface area contributed by atoms with Crippen molar-refractivity contribution in [1.82, 2.24) is 0 Å². The molecule has 0 amide bonds. The second-order valence-electron chi connectivity index (χ2n) is 5.73. The minimum Gasteiger partial charge on any atom is -0.462 e. The third-order valence-electron chi connectivity index (χ3n) is 3.86. The van der Waals surface area contributed by atoms with Gasteiger partial charge in [-0.15, -0.1) is 0 Å². The molecule has 0 aliphatic carbocycles. The molecule has 4 nitrogen and oxygen atoms in total. The van der Waals surface area contributed by atoms with Crippen LogP contribution in [0.25, 0.3) is 0 Å². The first kappa shape index (κ1) is 18.4. The molecule has 0 aliphatic rings. The van der Waals surface area contributed by atoms with Crippen LogP contribution < -0.4 is 0 Å². The van der Waals surface area contributed by atoms with E-state index < -0.39 is 12.2 Å². The topological polar surface area (TPSA) is 66.8 Å². The lowest BCUT2D eigenvalue weighted by Gasteiger charge is -2.33. The molecule has 0 rings (SSSR count). The highest BCUT2D eigenvalue weighted by Gasteiger charge is 2.33. The van der Waals surface area contributed by atoms with E-state index in [1.807, 2.05) is 34.6 Å². The molecule has 0 aliphatic heterocycles. The molecular weight excluding hydrogens is 244 g/mol. The lowest BCUT2D eigenvalue weighted by atomic mass is 9.82. The zero-order valence-corrected chi connectivity index (χ0v) is 13.1. The van der Waals surface area contributed by atoms with E-state index in [2.05, 4.69) is 0 Å². The fraction of sp³-hybridized carbons (Fsp3) is 0.933. The average Bonchev–Trinajstić information content (AvgIpc) is 2.40. The standard InChI is InChI=1S/C15H30O4/c1-7-12(19-13(16)8-2)10(5)15(18)11(6)14(17)9(3)4/h9-12,14-15,17-18H,7-8H2,1-6H3/t10-,11-,12-,14-,15+/m0/s1. The minimum atomic E-state index is -0.688. The Morgan fingerprint density at radius 3 is 1.89 bits per heavy atom. The number of hydrogen-bond donors (Lipinski definition) is 2. The van der Waals surface area contributed by atoms with Gasteiger partial charge in [0.15, 0.2) is 0 Å². The summed E-state index contributed by atoms with van der Waals surface area (Å²) >= 11 is 0. The van der Waals surface area contributed by atoms with Crippen molar-refractivity contribution in [3.63, 3.8) is 0 Å². The van der Waals surface area contributed by atoms with Crippen molar-refractivity contribution in [1.29, 1.82) is 0 Å². The molecule has 2 N–H and O–H groups in total. The second kappa shape index (κ2) is 8.54. The quantitative estimate of drug-likeness (QED) is 0.667. The molecule has 4 heteroatoms. The van der Waals surface area contributed by atoms with Crippen molar-refractivity contribution in [3.8, 4) is 0 Å². The summed E-state index contributed by atoms with van der Waals surface area (Å²) in [4.78, 5) is 11.4. The number of ether oxygens (including phenoxy) is 1. The van der Waals surface area contributed by atoms with E-state index in [0.29, 0.717) is 12.8 Å². The third kappa shape index (κ3) is 5.49. The summed E-state index contributed by atoms with van der Waals surface area (Å²) in [6.07, 6.45) is -0.550. The first-order valence-electron chi connectivity index (χ1n) is 7.31. The number of aliphatic hydroxyl groups excluding tert-OH is 2. The highest BCUT2D eigenvalue weighted by molar-refractivity contribution is 5.69. The molecule has 0 fully saturated rings. The summed E-state index contributed by atoms with van der Waals surface area (Å²) in [6, 6.07) is 0. The highest BCUT2D eigenvalue weighted by atomic mass is 16.5. The van der Waals surface area contributed by atoms with Crippen LogP contribution in [0.2, 0.25) is 0 Å². The van der Waals surface area contributed by atoms with Crippen LogP contribution in [-0.4, -0.2) is 34.5 Å². The van der Waals surface area contributed by atoms with Gasteiger partial charge in [-0.05, 0) is 12.3 Å². The summed E-state index contributed by atoms with van der Waals surface area (Å²) < 4.78 is 5.34. The van der Waals surface area contributed by atoms with Gasteiger partial charge in [-0.1, -0.05) is 41.5 Å². The predicted octanol–water partition coefficient (Wildman–Crippen LogP) is 2.37. The van der Waals surface area contributed by atoms with E-state index in [1.165, 1.54) is 0 Å². The smallest absolute Gasteiger partial charge is 0.305 e. The van der Waals surface area contributed by atoms with Crippen molar-refractivity contribution in [2.75, 3.05) is 0 Å². The Kier molecular flexibility index (Phi) is 8.26. The number of carbonyl (C=O) groups is 1. The number of hydrogen-bond acceptors (Lipinski definition) is 4. The Labute approximate surface area is 117 Å². The van der Waals surface area contributed by atoms with E-state index in [0.717, 1.165) is 0 Å². The SMILES string of the molecule is CCC(=O)O[C@@H](CC)[C@H](C)[C@@H](O)[C@@H](C)[C@@H](O)C(C)C. The van der Waals surface area contributed by atoms with Gasteiger partial charge in [0.1, 0.15) is 6.10 Å². The van der Waals surface area contributed by atoms with Crippen LogP contribution in [0.5, 0.6) is 0 Å². The second-order valence-corrected chi connectivity index (χ2v) is 5.73. The number of carbonyl (C=O) groups excluding carboxylic acids is 1. The molecule has 5 atom stereocenters. The van der Waals surface area contributed by atoms with E-state index in [4.69, 9.17) is 4.74 Å². The monoisotopic (exact) mass is 274 g/mol.